The van der Waals surface area contributed by atoms with Crippen LogP contribution in [0.4, 0.5) is 30.7 Å². The Hall–Kier alpha value is -2.89. The molecule has 0 aliphatic rings. The first-order valence-electron chi connectivity index (χ1n) is 7.60. The van der Waals surface area contributed by atoms with E-state index >= 15 is 0 Å². The molecule has 0 aliphatic heterocycles. The van der Waals surface area contributed by atoms with Crippen molar-refractivity contribution in [1.29, 1.82) is 0 Å². The molecule has 0 saturated heterocycles. The zero-order valence-electron chi connectivity index (χ0n) is 14.2. The lowest BCUT2D eigenvalue weighted by molar-refractivity contribution is -0.144. The summed E-state index contributed by atoms with van der Waals surface area (Å²) in [4.78, 5) is 3.82. The summed E-state index contributed by atoms with van der Waals surface area (Å²) in [5, 5.41) is 0. The standard InChI is InChI=1S/C17H9F7N2O2S/c1-29(27,28)15-11(20)4-8(5-12(15)21)14-13(25-16(26-14)17(22,23)24)7-2-9(18)6-10(19)3-7/h2-6H,1H3,(H,25,26). The Morgan fingerprint density at radius 1 is 0.862 bits per heavy atom. The Kier molecular flexibility index (Phi) is 4.93. The average Bonchev–Trinajstić information content (AvgIpc) is 2.97. The summed E-state index contributed by atoms with van der Waals surface area (Å²) in [6.07, 6.45) is -4.46. The molecule has 0 bridgehead atoms. The highest BCUT2D eigenvalue weighted by molar-refractivity contribution is 7.90. The minimum atomic E-state index is -5.01. The summed E-state index contributed by atoms with van der Waals surface area (Å²) in [5.41, 5.74) is -2.23. The number of benzene rings is 2. The topological polar surface area (TPSA) is 62.8 Å². The van der Waals surface area contributed by atoms with Gasteiger partial charge in [-0.05, 0) is 24.3 Å². The molecule has 0 atom stereocenters. The van der Waals surface area contributed by atoms with Gasteiger partial charge in [0, 0.05) is 23.4 Å². The maximum absolute atomic E-state index is 14.2. The third-order valence-corrected chi connectivity index (χ3v) is 4.90. The van der Waals surface area contributed by atoms with Crippen molar-refractivity contribution in [3.63, 3.8) is 0 Å². The van der Waals surface area contributed by atoms with Gasteiger partial charge in [-0.15, -0.1) is 0 Å². The van der Waals surface area contributed by atoms with Crippen LogP contribution in [0.5, 0.6) is 0 Å². The fraction of sp³-hybridized carbons (Fsp3) is 0.118. The number of aromatic amines is 1. The van der Waals surface area contributed by atoms with Crippen LogP contribution in [0.3, 0.4) is 0 Å². The van der Waals surface area contributed by atoms with Crippen molar-refractivity contribution in [2.45, 2.75) is 11.1 Å². The predicted molar refractivity (Wildman–Crippen MR) is 87.4 cm³/mol. The van der Waals surface area contributed by atoms with E-state index in [1.807, 2.05) is 4.98 Å². The second-order valence-electron chi connectivity index (χ2n) is 6.01. The summed E-state index contributed by atoms with van der Waals surface area (Å²) >= 11 is 0. The van der Waals surface area contributed by atoms with Gasteiger partial charge in [0.15, 0.2) is 9.84 Å². The number of hydrogen-bond acceptors (Lipinski definition) is 3. The van der Waals surface area contributed by atoms with Crippen LogP contribution in [-0.2, 0) is 16.0 Å². The van der Waals surface area contributed by atoms with Gasteiger partial charge in [-0.25, -0.2) is 31.0 Å². The van der Waals surface area contributed by atoms with Crippen LogP contribution in [0, 0.1) is 23.3 Å². The third-order valence-electron chi connectivity index (χ3n) is 3.77. The number of halogens is 7. The van der Waals surface area contributed by atoms with Crippen molar-refractivity contribution >= 4 is 9.84 Å². The van der Waals surface area contributed by atoms with Crippen LogP contribution in [0.2, 0.25) is 0 Å². The average molecular weight is 438 g/mol. The lowest BCUT2D eigenvalue weighted by atomic mass is 10.0. The van der Waals surface area contributed by atoms with E-state index in [2.05, 4.69) is 4.98 Å². The van der Waals surface area contributed by atoms with Crippen molar-refractivity contribution in [2.75, 3.05) is 6.26 Å². The van der Waals surface area contributed by atoms with Gasteiger partial charge in [0.2, 0.25) is 5.82 Å². The third kappa shape index (κ3) is 4.11. The van der Waals surface area contributed by atoms with Gasteiger partial charge in [0.25, 0.3) is 0 Å². The fourth-order valence-corrected chi connectivity index (χ4v) is 3.50. The zero-order valence-corrected chi connectivity index (χ0v) is 15.0. The van der Waals surface area contributed by atoms with Crippen molar-refractivity contribution in [1.82, 2.24) is 9.97 Å². The second-order valence-corrected chi connectivity index (χ2v) is 7.96. The largest absolute Gasteiger partial charge is 0.449 e. The number of sulfone groups is 1. The number of nitrogens with zero attached hydrogens (tertiary/aromatic N) is 1. The van der Waals surface area contributed by atoms with Crippen LogP contribution in [-0.4, -0.2) is 24.6 Å². The number of nitrogens with one attached hydrogen (secondary N) is 1. The first-order valence-corrected chi connectivity index (χ1v) is 9.49. The van der Waals surface area contributed by atoms with Crippen molar-refractivity contribution in [2.24, 2.45) is 0 Å². The van der Waals surface area contributed by atoms with E-state index in [0.717, 1.165) is 0 Å². The number of H-pyrrole nitrogens is 1. The summed E-state index contributed by atoms with van der Waals surface area (Å²) in [6, 6.07) is 2.80. The van der Waals surface area contributed by atoms with Gasteiger partial charge in [0.05, 0.1) is 11.4 Å². The highest BCUT2D eigenvalue weighted by Crippen LogP contribution is 2.37. The molecule has 3 rings (SSSR count). The molecule has 1 aromatic heterocycles. The maximum Gasteiger partial charge on any atom is 0.449 e. The number of alkyl halides is 3. The minimum Gasteiger partial charge on any atom is -0.334 e. The van der Waals surface area contributed by atoms with Crippen LogP contribution in [0.1, 0.15) is 5.82 Å². The first kappa shape index (κ1) is 20.8. The van der Waals surface area contributed by atoms with Crippen LogP contribution < -0.4 is 0 Å². The van der Waals surface area contributed by atoms with Crippen LogP contribution in [0.25, 0.3) is 22.5 Å². The summed E-state index contributed by atoms with van der Waals surface area (Å²) in [5.74, 6) is -6.93. The zero-order chi connectivity index (χ0) is 21.7. The highest BCUT2D eigenvalue weighted by atomic mass is 32.2. The summed E-state index contributed by atoms with van der Waals surface area (Å²) in [7, 11) is -4.31. The highest BCUT2D eigenvalue weighted by Gasteiger charge is 2.36. The van der Waals surface area contributed by atoms with Crippen LogP contribution in [0.15, 0.2) is 35.2 Å². The van der Waals surface area contributed by atoms with Gasteiger partial charge >= 0.3 is 6.18 Å². The first-order chi connectivity index (χ1) is 13.3. The van der Waals surface area contributed by atoms with Crippen molar-refractivity contribution in [3.05, 3.63) is 59.4 Å². The van der Waals surface area contributed by atoms with Crippen LogP contribution >= 0.6 is 0 Å². The van der Waals surface area contributed by atoms with Gasteiger partial charge in [-0.1, -0.05) is 0 Å². The molecule has 29 heavy (non-hydrogen) atoms. The number of rotatable bonds is 3. The maximum atomic E-state index is 14.2. The molecular formula is C17H9F7N2O2S. The van der Waals surface area contributed by atoms with E-state index in [4.69, 9.17) is 0 Å². The van der Waals surface area contributed by atoms with Gasteiger partial charge in [-0.3, -0.25) is 0 Å². The Balaban J connectivity index is 2.31. The number of hydrogen-bond donors (Lipinski definition) is 1. The molecule has 0 saturated carbocycles. The number of imidazole rings is 1. The van der Waals surface area contributed by atoms with E-state index in [-0.39, 0.29) is 0 Å². The normalized spacial score (nSPS) is 12.4. The number of aromatic nitrogens is 2. The fourth-order valence-electron chi connectivity index (χ4n) is 2.67. The minimum absolute atomic E-state index is 0.409. The van der Waals surface area contributed by atoms with E-state index in [1.54, 1.807) is 0 Å². The molecule has 0 radical (unpaired) electrons. The molecular weight excluding hydrogens is 429 g/mol. The smallest absolute Gasteiger partial charge is 0.334 e. The molecule has 0 fully saturated rings. The Labute approximate surface area is 158 Å². The molecule has 1 heterocycles. The lowest BCUT2D eigenvalue weighted by Gasteiger charge is -2.08. The van der Waals surface area contributed by atoms with Gasteiger partial charge < -0.3 is 4.98 Å². The van der Waals surface area contributed by atoms with Crippen molar-refractivity contribution in [3.8, 4) is 22.5 Å². The molecule has 12 heteroatoms. The van der Waals surface area contributed by atoms with E-state index in [1.165, 1.54) is 0 Å². The molecule has 0 unspecified atom stereocenters. The Morgan fingerprint density at radius 2 is 1.38 bits per heavy atom. The molecule has 154 valence electrons. The Bertz CT molecular complexity index is 1170. The molecule has 3 aromatic rings. The van der Waals surface area contributed by atoms with Crippen molar-refractivity contribution < 1.29 is 39.2 Å². The predicted octanol–water partition coefficient (Wildman–Crippen LogP) is 4.72. The monoisotopic (exact) mass is 438 g/mol. The molecule has 2 aromatic carbocycles. The molecule has 0 aliphatic carbocycles. The van der Waals surface area contributed by atoms with E-state index in [0.29, 0.717) is 36.6 Å². The van der Waals surface area contributed by atoms with E-state index < -0.39 is 72.5 Å². The second kappa shape index (κ2) is 6.87. The summed E-state index contributed by atoms with van der Waals surface area (Å²) in [6.45, 7) is 0. The molecule has 0 spiro atoms. The summed E-state index contributed by atoms with van der Waals surface area (Å²) < 4.78 is 118. The molecule has 4 nitrogen and oxygen atoms in total. The Morgan fingerprint density at radius 3 is 1.83 bits per heavy atom. The van der Waals surface area contributed by atoms with E-state index in [9.17, 15) is 39.2 Å². The quantitative estimate of drug-likeness (QED) is 0.602. The lowest BCUT2D eigenvalue weighted by Crippen LogP contribution is -2.07. The molecule has 1 N–H and O–H groups in total. The SMILES string of the molecule is CS(=O)(=O)c1c(F)cc(-c2nc(C(F)(F)F)[nH]c2-c2cc(F)cc(F)c2)cc1F. The van der Waals surface area contributed by atoms with Gasteiger partial charge in [0.1, 0.15) is 28.2 Å². The molecule has 0 amide bonds. The van der Waals surface area contributed by atoms with Gasteiger partial charge in [-0.2, -0.15) is 13.2 Å².